The summed E-state index contributed by atoms with van der Waals surface area (Å²) < 4.78 is 13.3. The molecule has 0 spiro atoms. The summed E-state index contributed by atoms with van der Waals surface area (Å²) in [7, 11) is 0. The summed E-state index contributed by atoms with van der Waals surface area (Å²) in [6, 6.07) is 4.47. The summed E-state index contributed by atoms with van der Waals surface area (Å²) in [5, 5.41) is 0. The number of aromatic nitrogens is 2. The molecular weight excluding hydrogens is 233 g/mol. The van der Waals surface area contributed by atoms with Gasteiger partial charge in [-0.25, -0.2) is 9.37 Å². The molecule has 0 aliphatic heterocycles. The Morgan fingerprint density at radius 1 is 1.39 bits per heavy atom. The van der Waals surface area contributed by atoms with E-state index in [1.165, 1.54) is 12.1 Å². The van der Waals surface area contributed by atoms with Crippen molar-refractivity contribution in [3.63, 3.8) is 0 Å². The zero-order valence-corrected chi connectivity index (χ0v) is 10.2. The van der Waals surface area contributed by atoms with Gasteiger partial charge in [0.2, 0.25) is 0 Å². The number of nitrogens with zero attached hydrogens (tertiary/aromatic N) is 1. The van der Waals surface area contributed by atoms with Crippen LogP contribution in [0.15, 0.2) is 23.0 Å². The first-order valence-corrected chi connectivity index (χ1v) is 5.67. The Kier molecular flexibility index (Phi) is 3.14. The maximum Gasteiger partial charge on any atom is 0.256 e. The Morgan fingerprint density at radius 3 is 2.67 bits per heavy atom. The van der Waals surface area contributed by atoms with Crippen LogP contribution >= 0.6 is 0 Å². The van der Waals surface area contributed by atoms with Gasteiger partial charge in [0, 0.05) is 5.56 Å². The van der Waals surface area contributed by atoms with Gasteiger partial charge in [-0.1, -0.05) is 6.92 Å². The van der Waals surface area contributed by atoms with E-state index < -0.39 is 0 Å². The molecule has 0 atom stereocenters. The van der Waals surface area contributed by atoms with Crippen molar-refractivity contribution < 1.29 is 4.39 Å². The molecule has 1 heterocycles. The predicted molar refractivity (Wildman–Crippen MR) is 68.8 cm³/mol. The number of rotatable bonds is 2. The van der Waals surface area contributed by atoms with Crippen LogP contribution in [0.2, 0.25) is 0 Å². The Balaban J connectivity index is 2.61. The van der Waals surface area contributed by atoms with E-state index in [0.717, 1.165) is 5.56 Å². The van der Waals surface area contributed by atoms with Crippen LogP contribution in [-0.4, -0.2) is 9.97 Å². The molecule has 2 rings (SSSR count). The predicted octanol–water partition coefficient (Wildman–Crippen LogP) is 2.03. The summed E-state index contributed by atoms with van der Waals surface area (Å²) in [6.45, 7) is 3.60. The van der Waals surface area contributed by atoms with E-state index in [1.54, 1.807) is 13.0 Å². The second-order valence-corrected chi connectivity index (χ2v) is 4.15. The first-order valence-electron chi connectivity index (χ1n) is 5.67. The summed E-state index contributed by atoms with van der Waals surface area (Å²) in [5.74, 6) is 0.112. The number of hydrogen-bond donors (Lipinski definition) is 2. The first kappa shape index (κ1) is 12.3. The molecule has 4 nitrogen and oxygen atoms in total. The molecule has 0 saturated heterocycles. The van der Waals surface area contributed by atoms with Gasteiger partial charge in [0.1, 0.15) is 17.5 Å². The summed E-state index contributed by atoms with van der Waals surface area (Å²) in [6.07, 6.45) is 0.511. The number of halogens is 1. The van der Waals surface area contributed by atoms with Crippen LogP contribution in [0.25, 0.3) is 11.4 Å². The number of nitrogens with one attached hydrogen (secondary N) is 1. The lowest BCUT2D eigenvalue weighted by molar-refractivity contribution is 0.627. The Labute approximate surface area is 104 Å². The van der Waals surface area contributed by atoms with Crippen molar-refractivity contribution in [1.29, 1.82) is 0 Å². The van der Waals surface area contributed by atoms with Gasteiger partial charge in [-0.05, 0) is 37.1 Å². The topological polar surface area (TPSA) is 71.8 Å². The maximum absolute atomic E-state index is 13.3. The van der Waals surface area contributed by atoms with Crippen LogP contribution in [0.5, 0.6) is 0 Å². The minimum atomic E-state index is -0.370. The van der Waals surface area contributed by atoms with Gasteiger partial charge in [-0.15, -0.1) is 0 Å². The lowest BCUT2D eigenvalue weighted by atomic mass is 10.1. The SMILES string of the molecule is CCc1c(N)nc(-c2cc(C)cc(F)c2)[nH]c1=O. The van der Waals surface area contributed by atoms with E-state index in [-0.39, 0.29) is 23.0 Å². The lowest BCUT2D eigenvalue weighted by Gasteiger charge is -2.06. The molecule has 0 fully saturated rings. The van der Waals surface area contributed by atoms with E-state index >= 15 is 0 Å². The minimum Gasteiger partial charge on any atom is -0.383 e. The van der Waals surface area contributed by atoms with Crippen LogP contribution < -0.4 is 11.3 Å². The Hall–Kier alpha value is -2.17. The van der Waals surface area contributed by atoms with Crippen molar-refractivity contribution in [2.24, 2.45) is 0 Å². The van der Waals surface area contributed by atoms with Crippen LogP contribution in [-0.2, 0) is 6.42 Å². The fourth-order valence-electron chi connectivity index (χ4n) is 1.87. The molecule has 1 aromatic carbocycles. The second kappa shape index (κ2) is 4.60. The van der Waals surface area contributed by atoms with Gasteiger partial charge in [0.15, 0.2) is 0 Å². The van der Waals surface area contributed by atoms with Gasteiger partial charge in [-0.2, -0.15) is 0 Å². The minimum absolute atomic E-state index is 0.193. The molecule has 5 heteroatoms. The molecule has 0 unspecified atom stereocenters. The molecule has 2 aromatic rings. The third-order valence-electron chi connectivity index (χ3n) is 2.72. The number of aryl methyl sites for hydroxylation is 1. The number of anilines is 1. The number of nitrogen functional groups attached to an aromatic ring is 1. The van der Waals surface area contributed by atoms with E-state index in [4.69, 9.17) is 5.73 Å². The molecule has 3 N–H and O–H groups in total. The molecule has 0 amide bonds. The van der Waals surface area contributed by atoms with E-state index in [2.05, 4.69) is 9.97 Å². The molecule has 0 bridgehead atoms. The third-order valence-corrected chi connectivity index (χ3v) is 2.72. The van der Waals surface area contributed by atoms with Crippen LogP contribution in [0.1, 0.15) is 18.1 Å². The zero-order chi connectivity index (χ0) is 13.3. The Bertz CT molecular complexity index is 629. The second-order valence-electron chi connectivity index (χ2n) is 4.15. The molecule has 94 valence electrons. The average Bonchev–Trinajstić information content (AvgIpc) is 2.27. The van der Waals surface area contributed by atoms with Gasteiger partial charge in [-0.3, -0.25) is 4.79 Å². The highest BCUT2D eigenvalue weighted by atomic mass is 19.1. The van der Waals surface area contributed by atoms with Gasteiger partial charge in [0.05, 0.1) is 5.56 Å². The van der Waals surface area contributed by atoms with Crippen LogP contribution in [0, 0.1) is 12.7 Å². The van der Waals surface area contributed by atoms with Crippen molar-refractivity contribution in [2.45, 2.75) is 20.3 Å². The number of hydrogen-bond acceptors (Lipinski definition) is 3. The van der Waals surface area contributed by atoms with Crippen LogP contribution in [0.3, 0.4) is 0 Å². The van der Waals surface area contributed by atoms with Gasteiger partial charge >= 0.3 is 0 Å². The van der Waals surface area contributed by atoms with Crippen LogP contribution in [0.4, 0.5) is 10.2 Å². The number of aromatic amines is 1. The molecule has 0 saturated carbocycles. The fraction of sp³-hybridized carbons (Fsp3) is 0.231. The average molecular weight is 247 g/mol. The van der Waals surface area contributed by atoms with Gasteiger partial charge in [0.25, 0.3) is 5.56 Å². The summed E-state index contributed by atoms with van der Waals surface area (Å²) in [4.78, 5) is 18.5. The molecule has 18 heavy (non-hydrogen) atoms. The molecular formula is C13H14FN3O. The van der Waals surface area contributed by atoms with E-state index in [0.29, 0.717) is 17.5 Å². The largest absolute Gasteiger partial charge is 0.383 e. The molecule has 0 radical (unpaired) electrons. The van der Waals surface area contributed by atoms with Crippen molar-refractivity contribution in [1.82, 2.24) is 9.97 Å². The standard InChI is InChI=1S/C13H14FN3O/c1-3-10-11(15)16-12(17-13(10)18)8-4-7(2)5-9(14)6-8/h4-6H,3H2,1-2H3,(H3,15,16,17,18). The smallest absolute Gasteiger partial charge is 0.256 e. The van der Waals surface area contributed by atoms with E-state index in [1.807, 2.05) is 6.92 Å². The molecule has 0 aliphatic rings. The zero-order valence-electron chi connectivity index (χ0n) is 10.2. The monoisotopic (exact) mass is 247 g/mol. The maximum atomic E-state index is 13.3. The van der Waals surface area contributed by atoms with Crippen molar-refractivity contribution >= 4 is 5.82 Å². The van der Waals surface area contributed by atoms with Crippen molar-refractivity contribution in [2.75, 3.05) is 5.73 Å². The van der Waals surface area contributed by atoms with Crippen molar-refractivity contribution in [3.05, 3.63) is 45.5 Å². The normalized spacial score (nSPS) is 10.6. The highest BCUT2D eigenvalue weighted by Gasteiger charge is 2.09. The third kappa shape index (κ3) is 2.25. The quantitative estimate of drug-likeness (QED) is 0.852. The van der Waals surface area contributed by atoms with Gasteiger partial charge < -0.3 is 10.7 Å². The lowest BCUT2D eigenvalue weighted by Crippen LogP contribution is -2.17. The van der Waals surface area contributed by atoms with E-state index in [9.17, 15) is 9.18 Å². The summed E-state index contributed by atoms with van der Waals surface area (Å²) >= 11 is 0. The number of nitrogens with two attached hydrogens (primary N) is 1. The number of benzene rings is 1. The fourth-order valence-corrected chi connectivity index (χ4v) is 1.87. The first-order chi connectivity index (χ1) is 8.51. The highest BCUT2D eigenvalue weighted by Crippen LogP contribution is 2.18. The molecule has 0 aliphatic carbocycles. The highest BCUT2D eigenvalue weighted by molar-refractivity contribution is 5.58. The Morgan fingerprint density at radius 2 is 2.11 bits per heavy atom. The molecule has 1 aromatic heterocycles. The number of H-pyrrole nitrogens is 1. The summed E-state index contributed by atoms with van der Waals surface area (Å²) in [5.41, 5.74) is 7.16. The van der Waals surface area contributed by atoms with Crippen molar-refractivity contribution in [3.8, 4) is 11.4 Å².